The summed E-state index contributed by atoms with van der Waals surface area (Å²) in [6.07, 6.45) is 2.85. The standard InChI is InChI=1S/C21H22ClN3O3S/c1-14-5-3-6-15(2)25(14)21(26)19-12-17(22)9-10-20(19)24-29(27,28)18-8-4-7-16(11-18)13-23/h4,7-12,14-15,24H,3,5-6H2,1-2H3/t14-,15-/m1/s1. The number of hydrogen-bond acceptors (Lipinski definition) is 4. The van der Waals surface area contributed by atoms with E-state index in [1.54, 1.807) is 4.90 Å². The Morgan fingerprint density at radius 2 is 1.86 bits per heavy atom. The molecule has 1 aliphatic heterocycles. The largest absolute Gasteiger partial charge is 0.333 e. The molecule has 6 nitrogen and oxygen atoms in total. The van der Waals surface area contributed by atoms with E-state index < -0.39 is 10.0 Å². The Bertz CT molecular complexity index is 1070. The Labute approximate surface area is 176 Å². The lowest BCUT2D eigenvalue weighted by Gasteiger charge is -2.39. The van der Waals surface area contributed by atoms with E-state index in [2.05, 4.69) is 4.72 Å². The summed E-state index contributed by atoms with van der Waals surface area (Å²) >= 11 is 6.12. The summed E-state index contributed by atoms with van der Waals surface area (Å²) in [5.41, 5.74) is 0.598. The molecule has 2 aromatic carbocycles. The summed E-state index contributed by atoms with van der Waals surface area (Å²) < 4.78 is 28.2. The lowest BCUT2D eigenvalue weighted by molar-refractivity contribution is 0.0512. The maximum absolute atomic E-state index is 13.3. The lowest BCUT2D eigenvalue weighted by atomic mass is 9.96. The van der Waals surface area contributed by atoms with Gasteiger partial charge in [-0.2, -0.15) is 5.26 Å². The molecule has 29 heavy (non-hydrogen) atoms. The van der Waals surface area contributed by atoms with Gasteiger partial charge >= 0.3 is 0 Å². The number of carbonyl (C=O) groups is 1. The molecule has 0 spiro atoms. The highest BCUT2D eigenvalue weighted by molar-refractivity contribution is 7.92. The van der Waals surface area contributed by atoms with Crippen LogP contribution in [0.4, 0.5) is 5.69 Å². The van der Waals surface area contributed by atoms with Gasteiger partial charge in [0.2, 0.25) is 0 Å². The summed E-state index contributed by atoms with van der Waals surface area (Å²) in [4.78, 5) is 15.0. The summed E-state index contributed by atoms with van der Waals surface area (Å²) in [7, 11) is -3.99. The fraction of sp³-hybridized carbons (Fsp3) is 0.333. The van der Waals surface area contributed by atoms with Crippen LogP contribution >= 0.6 is 11.6 Å². The highest BCUT2D eigenvalue weighted by Crippen LogP contribution is 2.30. The summed E-state index contributed by atoms with van der Waals surface area (Å²) in [5.74, 6) is -0.254. The van der Waals surface area contributed by atoms with Crippen molar-refractivity contribution in [3.8, 4) is 6.07 Å². The molecule has 2 atom stereocenters. The minimum atomic E-state index is -3.99. The molecule has 0 radical (unpaired) electrons. The van der Waals surface area contributed by atoms with Crippen molar-refractivity contribution in [3.63, 3.8) is 0 Å². The molecule has 8 heteroatoms. The fourth-order valence-electron chi connectivity index (χ4n) is 3.68. The zero-order chi connectivity index (χ0) is 21.2. The molecule has 1 amide bonds. The minimum Gasteiger partial charge on any atom is -0.333 e. The predicted molar refractivity (Wildman–Crippen MR) is 112 cm³/mol. The molecule has 1 aliphatic rings. The van der Waals surface area contributed by atoms with Gasteiger partial charge in [0.05, 0.1) is 27.8 Å². The van der Waals surface area contributed by atoms with Crippen molar-refractivity contribution in [2.75, 3.05) is 4.72 Å². The highest BCUT2D eigenvalue weighted by Gasteiger charge is 2.31. The number of benzene rings is 2. The number of nitrogens with zero attached hydrogens (tertiary/aromatic N) is 2. The molecular formula is C21H22ClN3O3S. The van der Waals surface area contributed by atoms with E-state index in [9.17, 15) is 13.2 Å². The molecule has 0 unspecified atom stereocenters. The first-order valence-corrected chi connectivity index (χ1v) is 11.2. The molecule has 0 bridgehead atoms. The van der Waals surface area contributed by atoms with Crippen LogP contribution in [0.25, 0.3) is 0 Å². The first kappa shape index (κ1) is 21.2. The Balaban J connectivity index is 1.99. The third-order valence-corrected chi connectivity index (χ3v) is 6.76. The van der Waals surface area contributed by atoms with E-state index in [0.29, 0.717) is 5.02 Å². The maximum atomic E-state index is 13.3. The van der Waals surface area contributed by atoms with Crippen molar-refractivity contribution in [1.82, 2.24) is 4.90 Å². The number of rotatable bonds is 4. The molecule has 1 heterocycles. The molecule has 152 valence electrons. The average Bonchev–Trinajstić information content (AvgIpc) is 2.69. The van der Waals surface area contributed by atoms with Crippen molar-refractivity contribution in [2.24, 2.45) is 0 Å². The number of anilines is 1. The number of nitrogens with one attached hydrogen (secondary N) is 1. The first-order valence-electron chi connectivity index (χ1n) is 9.38. The van der Waals surface area contributed by atoms with Gasteiger partial charge in [-0.1, -0.05) is 17.7 Å². The van der Waals surface area contributed by atoms with Gasteiger partial charge in [0.25, 0.3) is 15.9 Å². The van der Waals surface area contributed by atoms with Crippen LogP contribution < -0.4 is 4.72 Å². The highest BCUT2D eigenvalue weighted by atomic mass is 35.5. The number of likely N-dealkylation sites (tertiary alicyclic amines) is 1. The minimum absolute atomic E-state index is 0.0513. The van der Waals surface area contributed by atoms with Crippen molar-refractivity contribution in [2.45, 2.75) is 50.1 Å². The van der Waals surface area contributed by atoms with Crippen LogP contribution in [0.2, 0.25) is 5.02 Å². The molecule has 0 aromatic heterocycles. The topological polar surface area (TPSA) is 90.3 Å². The van der Waals surface area contributed by atoms with Gasteiger partial charge in [-0.3, -0.25) is 9.52 Å². The number of hydrogen-bond donors (Lipinski definition) is 1. The van der Waals surface area contributed by atoms with E-state index in [1.165, 1.54) is 42.5 Å². The number of amides is 1. The molecule has 1 fully saturated rings. The summed E-state index contributed by atoms with van der Waals surface area (Å²) in [5, 5.41) is 9.38. The number of halogens is 1. The zero-order valence-corrected chi connectivity index (χ0v) is 17.8. The SMILES string of the molecule is C[C@@H]1CCC[C@@H](C)N1C(=O)c1cc(Cl)ccc1NS(=O)(=O)c1cccc(C#N)c1. The summed E-state index contributed by atoms with van der Waals surface area (Å²) in [6.45, 7) is 3.99. The van der Waals surface area contributed by atoms with Crippen LogP contribution in [0.15, 0.2) is 47.4 Å². The molecule has 0 saturated carbocycles. The van der Waals surface area contributed by atoms with Crippen LogP contribution in [0.1, 0.15) is 49.0 Å². The van der Waals surface area contributed by atoms with Gasteiger partial charge in [0, 0.05) is 17.1 Å². The quantitative estimate of drug-likeness (QED) is 0.775. The number of carbonyl (C=O) groups excluding carboxylic acids is 1. The molecule has 0 aliphatic carbocycles. The molecule has 1 N–H and O–H groups in total. The molecule has 3 rings (SSSR count). The third-order valence-electron chi connectivity index (χ3n) is 5.16. The van der Waals surface area contributed by atoms with Crippen LogP contribution in [0.3, 0.4) is 0 Å². The number of piperidine rings is 1. The molecule has 1 saturated heterocycles. The van der Waals surface area contributed by atoms with E-state index >= 15 is 0 Å². The molecule has 2 aromatic rings. The lowest BCUT2D eigenvalue weighted by Crippen LogP contribution is -2.47. The van der Waals surface area contributed by atoms with Gasteiger partial charge in [-0.15, -0.1) is 0 Å². The van der Waals surface area contributed by atoms with Gasteiger partial charge in [0.15, 0.2) is 0 Å². The van der Waals surface area contributed by atoms with E-state index in [0.717, 1.165) is 19.3 Å². The number of nitriles is 1. The van der Waals surface area contributed by atoms with Crippen molar-refractivity contribution < 1.29 is 13.2 Å². The first-order chi connectivity index (χ1) is 13.7. The van der Waals surface area contributed by atoms with Gasteiger partial charge in [-0.25, -0.2) is 8.42 Å². The van der Waals surface area contributed by atoms with Gasteiger partial charge in [0.1, 0.15) is 0 Å². The Morgan fingerprint density at radius 3 is 2.52 bits per heavy atom. The second-order valence-electron chi connectivity index (χ2n) is 7.28. The second kappa shape index (κ2) is 8.44. The number of sulfonamides is 1. The maximum Gasteiger partial charge on any atom is 0.261 e. The third kappa shape index (κ3) is 4.55. The van der Waals surface area contributed by atoms with Crippen LogP contribution in [0, 0.1) is 11.3 Å². The van der Waals surface area contributed by atoms with Crippen LogP contribution in [0.5, 0.6) is 0 Å². The predicted octanol–water partition coefficient (Wildman–Crippen LogP) is 4.42. The van der Waals surface area contributed by atoms with Crippen molar-refractivity contribution in [1.29, 1.82) is 5.26 Å². The second-order valence-corrected chi connectivity index (χ2v) is 9.40. The fourth-order valence-corrected chi connectivity index (χ4v) is 4.98. The average molecular weight is 432 g/mol. The monoisotopic (exact) mass is 431 g/mol. The van der Waals surface area contributed by atoms with Crippen LogP contribution in [-0.2, 0) is 10.0 Å². The van der Waals surface area contributed by atoms with Crippen molar-refractivity contribution in [3.05, 3.63) is 58.6 Å². The smallest absolute Gasteiger partial charge is 0.261 e. The van der Waals surface area contributed by atoms with E-state index in [-0.39, 0.29) is 39.7 Å². The van der Waals surface area contributed by atoms with Crippen molar-refractivity contribution >= 4 is 33.2 Å². The zero-order valence-electron chi connectivity index (χ0n) is 16.2. The van der Waals surface area contributed by atoms with Crippen LogP contribution in [-0.4, -0.2) is 31.3 Å². The normalized spacial score (nSPS) is 19.4. The Kier molecular flexibility index (Phi) is 6.15. The Morgan fingerprint density at radius 1 is 1.17 bits per heavy atom. The van der Waals surface area contributed by atoms with Gasteiger partial charge in [-0.05, 0) is 69.5 Å². The van der Waals surface area contributed by atoms with Gasteiger partial charge < -0.3 is 4.90 Å². The Hall–Kier alpha value is -2.56. The van der Waals surface area contributed by atoms with E-state index in [4.69, 9.17) is 16.9 Å². The van der Waals surface area contributed by atoms with E-state index in [1.807, 2.05) is 19.9 Å². The summed E-state index contributed by atoms with van der Waals surface area (Å²) in [6, 6.07) is 12.3. The molecular weight excluding hydrogens is 410 g/mol.